The van der Waals surface area contributed by atoms with Crippen LogP contribution < -0.4 is 11.4 Å². The van der Waals surface area contributed by atoms with E-state index in [9.17, 15) is 13.6 Å². The molecule has 0 amide bonds. The van der Waals surface area contributed by atoms with Crippen molar-refractivity contribution >= 4 is 5.82 Å². The van der Waals surface area contributed by atoms with Crippen LogP contribution in [0.1, 0.15) is 26.5 Å². The number of nitrogens with two attached hydrogens (primary N) is 1. The van der Waals surface area contributed by atoms with Gasteiger partial charge in [-0.1, -0.05) is 13.8 Å². The van der Waals surface area contributed by atoms with Crippen molar-refractivity contribution in [3.63, 3.8) is 0 Å². The molecule has 0 spiro atoms. The van der Waals surface area contributed by atoms with Gasteiger partial charge in [0.15, 0.2) is 12.4 Å². The van der Waals surface area contributed by atoms with Gasteiger partial charge in [0.05, 0.1) is 0 Å². The maximum absolute atomic E-state index is 14.3. The largest absolute Gasteiger partial charge is 0.383 e. The van der Waals surface area contributed by atoms with Crippen LogP contribution in [-0.4, -0.2) is 28.0 Å². The molecule has 0 saturated carbocycles. The van der Waals surface area contributed by atoms with Crippen LogP contribution >= 0.6 is 0 Å². The van der Waals surface area contributed by atoms with Crippen molar-refractivity contribution in [2.75, 3.05) is 12.4 Å². The highest BCUT2D eigenvalue weighted by molar-refractivity contribution is 5.23. The number of halogens is 2. The van der Waals surface area contributed by atoms with Crippen molar-refractivity contribution < 1.29 is 13.5 Å². The van der Waals surface area contributed by atoms with E-state index in [0.29, 0.717) is 6.42 Å². The fourth-order valence-electron chi connectivity index (χ4n) is 2.43. The van der Waals surface area contributed by atoms with Crippen LogP contribution in [-0.2, 0) is 4.74 Å². The summed E-state index contributed by atoms with van der Waals surface area (Å²) in [5.74, 6) is -0.591. The van der Waals surface area contributed by atoms with Gasteiger partial charge in [0, 0.05) is 12.1 Å². The van der Waals surface area contributed by atoms with Gasteiger partial charge in [0.1, 0.15) is 18.1 Å². The molecule has 1 fully saturated rings. The van der Waals surface area contributed by atoms with Crippen molar-refractivity contribution in [1.82, 2.24) is 9.55 Å². The zero-order valence-corrected chi connectivity index (χ0v) is 10.8. The number of rotatable bonds is 3. The van der Waals surface area contributed by atoms with Crippen molar-refractivity contribution in [3.8, 4) is 0 Å². The van der Waals surface area contributed by atoms with E-state index in [4.69, 9.17) is 10.5 Å². The van der Waals surface area contributed by atoms with Crippen molar-refractivity contribution in [2.24, 2.45) is 5.92 Å². The Labute approximate surface area is 109 Å². The third-order valence-electron chi connectivity index (χ3n) is 3.89. The molecule has 1 aromatic heterocycles. The Kier molecular flexibility index (Phi) is 3.58. The predicted octanol–water partition coefficient (Wildman–Crippen LogP) is 1.45. The normalized spacial score (nSPS) is 34.6. The van der Waals surface area contributed by atoms with Crippen LogP contribution in [0.2, 0.25) is 0 Å². The molecule has 0 aromatic carbocycles. The van der Waals surface area contributed by atoms with Gasteiger partial charge >= 0.3 is 5.69 Å². The molecule has 7 heteroatoms. The van der Waals surface area contributed by atoms with E-state index in [-0.39, 0.29) is 5.82 Å². The zero-order valence-electron chi connectivity index (χ0n) is 10.8. The van der Waals surface area contributed by atoms with E-state index in [1.165, 1.54) is 12.3 Å². The molecule has 5 nitrogen and oxygen atoms in total. The van der Waals surface area contributed by atoms with Gasteiger partial charge in [-0.25, -0.2) is 13.6 Å². The lowest BCUT2D eigenvalue weighted by atomic mass is 9.86. The maximum Gasteiger partial charge on any atom is 0.351 e. The lowest BCUT2D eigenvalue weighted by Gasteiger charge is -2.28. The minimum absolute atomic E-state index is 0.0509. The van der Waals surface area contributed by atoms with Crippen molar-refractivity contribution in [3.05, 3.63) is 22.7 Å². The highest BCUT2D eigenvalue weighted by Crippen LogP contribution is 2.44. The summed E-state index contributed by atoms with van der Waals surface area (Å²) in [6, 6.07) is 1.38. The standard InChI is InChI=1S/C12H17F2N3O2/c1-3-12(6-13)7(2)9(14)10(19-12)17-5-4-8(15)16-11(17)18/h4-5,7,9-10H,3,6H2,1-2H3,(H2,15,16,18)/t7-,9-,10+,12-/m0/s1. The second kappa shape index (κ2) is 4.88. The summed E-state index contributed by atoms with van der Waals surface area (Å²) in [5.41, 5.74) is 3.48. The summed E-state index contributed by atoms with van der Waals surface area (Å²) in [5, 5.41) is 0. The molecular weight excluding hydrogens is 256 g/mol. The SMILES string of the molecule is CC[C@@]1(CF)O[C@@H](n2ccc(N)nc2=O)[C@@H](F)[C@@H]1C. The molecule has 0 aliphatic carbocycles. The monoisotopic (exact) mass is 273 g/mol. The lowest BCUT2D eigenvalue weighted by Crippen LogP contribution is -2.37. The molecule has 106 valence electrons. The van der Waals surface area contributed by atoms with Crippen molar-refractivity contribution in [2.45, 2.75) is 38.3 Å². The molecule has 0 bridgehead atoms. The van der Waals surface area contributed by atoms with Crippen LogP contribution in [0.4, 0.5) is 14.6 Å². The van der Waals surface area contributed by atoms with Gasteiger partial charge in [-0.3, -0.25) is 4.57 Å². The Morgan fingerprint density at radius 3 is 2.79 bits per heavy atom. The minimum atomic E-state index is -1.47. The van der Waals surface area contributed by atoms with Gasteiger partial charge in [0.2, 0.25) is 0 Å². The first-order valence-electron chi connectivity index (χ1n) is 6.17. The Balaban J connectivity index is 2.39. The van der Waals surface area contributed by atoms with Crippen molar-refractivity contribution in [1.29, 1.82) is 0 Å². The van der Waals surface area contributed by atoms with Crippen LogP contribution in [0, 0.1) is 5.92 Å². The number of nitrogens with zero attached hydrogens (tertiary/aromatic N) is 2. The second-order valence-corrected chi connectivity index (χ2v) is 4.84. The Morgan fingerprint density at radius 2 is 2.32 bits per heavy atom. The van der Waals surface area contributed by atoms with Crippen LogP contribution in [0.5, 0.6) is 0 Å². The van der Waals surface area contributed by atoms with E-state index in [2.05, 4.69) is 4.98 Å². The smallest absolute Gasteiger partial charge is 0.351 e. The Hall–Kier alpha value is -1.50. The minimum Gasteiger partial charge on any atom is -0.383 e. The summed E-state index contributed by atoms with van der Waals surface area (Å²) < 4.78 is 34.1. The first-order valence-corrected chi connectivity index (χ1v) is 6.17. The van der Waals surface area contributed by atoms with Gasteiger partial charge in [-0.15, -0.1) is 0 Å². The molecule has 1 saturated heterocycles. The molecule has 1 aliphatic rings. The number of anilines is 1. The molecule has 0 radical (unpaired) electrons. The molecule has 2 heterocycles. The summed E-state index contributed by atoms with van der Waals surface area (Å²) in [6.07, 6.45) is -0.984. The van der Waals surface area contributed by atoms with E-state index in [0.717, 1.165) is 4.57 Å². The average Bonchev–Trinajstić information content (AvgIpc) is 2.64. The molecule has 4 atom stereocenters. The van der Waals surface area contributed by atoms with E-state index in [1.54, 1.807) is 13.8 Å². The molecule has 0 unspecified atom stereocenters. The quantitative estimate of drug-likeness (QED) is 0.904. The van der Waals surface area contributed by atoms with Crippen LogP contribution in [0.25, 0.3) is 0 Å². The molecule has 1 aromatic rings. The number of alkyl halides is 2. The molecular formula is C12H17F2N3O2. The number of nitrogen functional groups attached to an aromatic ring is 1. The van der Waals surface area contributed by atoms with Crippen LogP contribution in [0.3, 0.4) is 0 Å². The number of aromatic nitrogens is 2. The average molecular weight is 273 g/mol. The molecule has 1 aliphatic heterocycles. The van der Waals surface area contributed by atoms with Crippen LogP contribution in [0.15, 0.2) is 17.1 Å². The zero-order chi connectivity index (χ0) is 14.2. The fourth-order valence-corrected chi connectivity index (χ4v) is 2.43. The number of ether oxygens (including phenoxy) is 1. The third-order valence-corrected chi connectivity index (χ3v) is 3.89. The third kappa shape index (κ3) is 2.11. The topological polar surface area (TPSA) is 70.1 Å². The van der Waals surface area contributed by atoms with E-state index < -0.39 is 36.3 Å². The molecule has 2 N–H and O–H groups in total. The highest BCUT2D eigenvalue weighted by atomic mass is 19.1. The van der Waals surface area contributed by atoms with Gasteiger partial charge in [0.25, 0.3) is 0 Å². The predicted molar refractivity (Wildman–Crippen MR) is 66.1 cm³/mol. The van der Waals surface area contributed by atoms with Gasteiger partial charge < -0.3 is 10.5 Å². The Bertz CT molecular complexity index is 516. The van der Waals surface area contributed by atoms with E-state index >= 15 is 0 Å². The summed E-state index contributed by atoms with van der Waals surface area (Å²) in [6.45, 7) is 2.53. The number of hydrogen-bond donors (Lipinski definition) is 1. The molecule has 2 rings (SSSR count). The number of hydrogen-bond acceptors (Lipinski definition) is 4. The molecule has 19 heavy (non-hydrogen) atoms. The summed E-state index contributed by atoms with van der Waals surface area (Å²) in [7, 11) is 0. The fraction of sp³-hybridized carbons (Fsp3) is 0.667. The van der Waals surface area contributed by atoms with Gasteiger partial charge in [-0.2, -0.15) is 4.98 Å². The first-order chi connectivity index (χ1) is 8.95. The summed E-state index contributed by atoms with van der Waals surface area (Å²) >= 11 is 0. The maximum atomic E-state index is 14.3. The second-order valence-electron chi connectivity index (χ2n) is 4.84. The first kappa shape index (κ1) is 13.9. The highest BCUT2D eigenvalue weighted by Gasteiger charge is 2.53. The summed E-state index contributed by atoms with van der Waals surface area (Å²) in [4.78, 5) is 15.2. The lowest BCUT2D eigenvalue weighted by molar-refractivity contribution is -0.102. The Morgan fingerprint density at radius 1 is 1.63 bits per heavy atom. The van der Waals surface area contributed by atoms with Gasteiger partial charge in [-0.05, 0) is 12.5 Å². The van der Waals surface area contributed by atoms with E-state index in [1.807, 2.05) is 0 Å².